The molecule has 0 bridgehead atoms. The zero-order chi connectivity index (χ0) is 23.3. The van der Waals surface area contributed by atoms with Crippen molar-refractivity contribution in [2.24, 2.45) is 5.92 Å². The van der Waals surface area contributed by atoms with Crippen molar-refractivity contribution in [2.75, 3.05) is 0 Å². The van der Waals surface area contributed by atoms with E-state index in [2.05, 4.69) is 13.8 Å². The van der Waals surface area contributed by atoms with Crippen molar-refractivity contribution in [3.8, 4) is 22.6 Å². The van der Waals surface area contributed by atoms with E-state index in [1.807, 2.05) is 50.2 Å². The average molecular weight is 446 g/mol. The molecule has 1 aliphatic carbocycles. The van der Waals surface area contributed by atoms with Crippen LogP contribution in [-0.4, -0.2) is 0 Å². The van der Waals surface area contributed by atoms with E-state index in [1.54, 1.807) is 0 Å². The minimum Gasteiger partial charge on any atom is -0.450 e. The zero-order valence-corrected chi connectivity index (χ0v) is 18.2. The van der Waals surface area contributed by atoms with Gasteiger partial charge in [-0.3, -0.25) is 0 Å². The predicted octanol–water partition coefficient (Wildman–Crippen LogP) is 8.26. The van der Waals surface area contributed by atoms with E-state index in [0.29, 0.717) is 23.5 Å². The second-order valence-electron chi connectivity index (χ2n) is 8.73. The third-order valence-electron chi connectivity index (χ3n) is 6.38. The molecule has 0 aromatic heterocycles. The minimum atomic E-state index is -2.21. The molecular weight excluding hydrogens is 423 g/mol. The standard InChI is InChI=1S/C26H23F5O/c1-12(2)16-11-17-14(4)13(3)10-18(17)19(15-8-6-5-7-9-15)25(16)32-26-23(30)21(28)20(27)22(29)24(26)31/h5-9,11-14H,10H2,1-4H3/t13-,14?/m0/s1. The molecule has 0 amide bonds. The number of fused-ring (bicyclic) bond motifs is 1. The van der Waals surface area contributed by atoms with Gasteiger partial charge in [-0.25, -0.2) is 13.2 Å². The third kappa shape index (κ3) is 3.46. The van der Waals surface area contributed by atoms with Gasteiger partial charge in [0.05, 0.1) is 0 Å². The van der Waals surface area contributed by atoms with Gasteiger partial charge in [0.25, 0.3) is 0 Å². The first kappa shape index (κ1) is 22.3. The van der Waals surface area contributed by atoms with Gasteiger partial charge in [-0.2, -0.15) is 8.78 Å². The summed E-state index contributed by atoms with van der Waals surface area (Å²) in [5.41, 5.74) is 4.12. The Morgan fingerprint density at radius 1 is 0.812 bits per heavy atom. The average Bonchev–Trinajstić information content (AvgIpc) is 3.06. The van der Waals surface area contributed by atoms with Crippen LogP contribution < -0.4 is 4.74 Å². The lowest BCUT2D eigenvalue weighted by Crippen LogP contribution is -2.07. The summed E-state index contributed by atoms with van der Waals surface area (Å²) in [7, 11) is 0. The van der Waals surface area contributed by atoms with Gasteiger partial charge in [0, 0.05) is 5.56 Å². The van der Waals surface area contributed by atoms with Crippen LogP contribution in [0.3, 0.4) is 0 Å². The molecule has 0 aliphatic heterocycles. The Morgan fingerprint density at radius 2 is 1.38 bits per heavy atom. The van der Waals surface area contributed by atoms with E-state index < -0.39 is 34.8 Å². The molecule has 3 aromatic carbocycles. The minimum absolute atomic E-state index is 0.120. The van der Waals surface area contributed by atoms with E-state index >= 15 is 0 Å². The maximum atomic E-state index is 14.5. The highest BCUT2D eigenvalue weighted by molar-refractivity contribution is 5.79. The molecule has 32 heavy (non-hydrogen) atoms. The lowest BCUT2D eigenvalue weighted by atomic mass is 9.87. The summed E-state index contributed by atoms with van der Waals surface area (Å²) in [6.45, 7) is 8.04. The van der Waals surface area contributed by atoms with Crippen molar-refractivity contribution in [2.45, 2.75) is 46.0 Å². The van der Waals surface area contributed by atoms with Gasteiger partial charge in [-0.1, -0.05) is 64.1 Å². The molecule has 0 spiro atoms. The van der Waals surface area contributed by atoms with Gasteiger partial charge >= 0.3 is 0 Å². The summed E-state index contributed by atoms with van der Waals surface area (Å²) in [4.78, 5) is 0. The van der Waals surface area contributed by atoms with Crippen LogP contribution in [0.4, 0.5) is 22.0 Å². The van der Waals surface area contributed by atoms with Crippen LogP contribution in [0.15, 0.2) is 36.4 Å². The first-order valence-corrected chi connectivity index (χ1v) is 10.6. The van der Waals surface area contributed by atoms with E-state index in [1.165, 1.54) is 0 Å². The van der Waals surface area contributed by atoms with Gasteiger partial charge in [-0.05, 0) is 46.4 Å². The summed E-state index contributed by atoms with van der Waals surface area (Å²) in [5, 5.41) is 0. The summed E-state index contributed by atoms with van der Waals surface area (Å²) in [5.74, 6) is -11.0. The second-order valence-corrected chi connectivity index (χ2v) is 8.73. The third-order valence-corrected chi connectivity index (χ3v) is 6.38. The molecule has 0 radical (unpaired) electrons. The molecule has 1 unspecified atom stereocenters. The highest BCUT2D eigenvalue weighted by atomic mass is 19.2. The fourth-order valence-electron chi connectivity index (χ4n) is 4.40. The Labute approximate surface area is 183 Å². The SMILES string of the molecule is CC(C)c1cc2c(c(-c3ccccc3)c1Oc1c(F)c(F)c(F)c(F)c1F)C[C@H](C)C2C. The van der Waals surface area contributed by atoms with E-state index in [9.17, 15) is 22.0 Å². The second kappa shape index (κ2) is 8.23. The molecule has 2 atom stereocenters. The summed E-state index contributed by atoms with van der Waals surface area (Å²) in [6, 6.07) is 11.1. The Kier molecular flexibility index (Phi) is 5.74. The molecule has 0 N–H and O–H groups in total. The highest BCUT2D eigenvalue weighted by Gasteiger charge is 2.34. The van der Waals surface area contributed by atoms with Crippen LogP contribution in [0.5, 0.6) is 11.5 Å². The first-order valence-electron chi connectivity index (χ1n) is 10.6. The molecule has 0 saturated heterocycles. The molecular formula is C26H23F5O. The Bertz CT molecular complexity index is 1160. The molecule has 4 rings (SSSR count). The van der Waals surface area contributed by atoms with Crippen molar-refractivity contribution in [3.63, 3.8) is 0 Å². The van der Waals surface area contributed by atoms with Crippen LogP contribution in [-0.2, 0) is 6.42 Å². The van der Waals surface area contributed by atoms with Crippen molar-refractivity contribution in [1.82, 2.24) is 0 Å². The number of rotatable bonds is 4. The lowest BCUT2D eigenvalue weighted by molar-refractivity contribution is 0.331. The van der Waals surface area contributed by atoms with Crippen molar-refractivity contribution < 1.29 is 26.7 Å². The predicted molar refractivity (Wildman–Crippen MR) is 114 cm³/mol. The van der Waals surface area contributed by atoms with Crippen LogP contribution >= 0.6 is 0 Å². The van der Waals surface area contributed by atoms with Crippen molar-refractivity contribution in [3.05, 3.63) is 82.2 Å². The van der Waals surface area contributed by atoms with Gasteiger partial charge in [0.2, 0.25) is 34.8 Å². The molecule has 1 nitrogen and oxygen atoms in total. The highest BCUT2D eigenvalue weighted by Crippen LogP contribution is 2.50. The molecule has 6 heteroatoms. The van der Waals surface area contributed by atoms with Gasteiger partial charge in [-0.15, -0.1) is 0 Å². The molecule has 0 saturated carbocycles. The largest absolute Gasteiger partial charge is 0.450 e. The van der Waals surface area contributed by atoms with Gasteiger partial charge in [0.1, 0.15) is 5.75 Å². The van der Waals surface area contributed by atoms with E-state index in [4.69, 9.17) is 4.74 Å². The van der Waals surface area contributed by atoms with Gasteiger partial charge in [0.15, 0.2) is 0 Å². The molecule has 1 aliphatic rings. The summed E-state index contributed by atoms with van der Waals surface area (Å²) < 4.78 is 76.0. The number of benzene rings is 3. The Balaban J connectivity index is 2.04. The fraction of sp³-hybridized carbons (Fsp3) is 0.308. The van der Waals surface area contributed by atoms with Crippen molar-refractivity contribution in [1.29, 1.82) is 0 Å². The maximum absolute atomic E-state index is 14.5. The normalized spacial score (nSPS) is 17.7. The number of halogens is 5. The Hall–Kier alpha value is -2.89. The van der Waals surface area contributed by atoms with E-state index in [-0.39, 0.29) is 17.6 Å². The molecule has 0 heterocycles. The monoisotopic (exact) mass is 446 g/mol. The molecule has 168 valence electrons. The molecule has 3 aromatic rings. The summed E-state index contributed by atoms with van der Waals surface area (Å²) in [6.07, 6.45) is 0.715. The number of hydrogen-bond acceptors (Lipinski definition) is 1. The summed E-state index contributed by atoms with van der Waals surface area (Å²) >= 11 is 0. The quantitative estimate of drug-likeness (QED) is 0.223. The number of hydrogen-bond donors (Lipinski definition) is 0. The maximum Gasteiger partial charge on any atom is 0.207 e. The lowest BCUT2D eigenvalue weighted by Gasteiger charge is -2.23. The van der Waals surface area contributed by atoms with E-state index in [0.717, 1.165) is 16.7 Å². The fourth-order valence-corrected chi connectivity index (χ4v) is 4.40. The zero-order valence-electron chi connectivity index (χ0n) is 18.2. The van der Waals surface area contributed by atoms with Crippen LogP contribution in [0.2, 0.25) is 0 Å². The smallest absolute Gasteiger partial charge is 0.207 e. The first-order chi connectivity index (χ1) is 15.1. The van der Waals surface area contributed by atoms with Gasteiger partial charge < -0.3 is 4.74 Å². The Morgan fingerprint density at radius 3 is 1.94 bits per heavy atom. The van der Waals surface area contributed by atoms with Crippen LogP contribution in [0.25, 0.3) is 11.1 Å². The van der Waals surface area contributed by atoms with Crippen molar-refractivity contribution >= 4 is 0 Å². The molecule has 0 fully saturated rings. The van der Waals surface area contributed by atoms with Crippen LogP contribution in [0, 0.1) is 35.0 Å². The number of ether oxygens (including phenoxy) is 1. The van der Waals surface area contributed by atoms with Crippen LogP contribution in [0.1, 0.15) is 56.2 Å². The topological polar surface area (TPSA) is 9.23 Å².